The molecule has 0 fully saturated rings. The average molecular weight is 307 g/mol. The fourth-order valence-corrected chi connectivity index (χ4v) is 2.25. The number of nitrogens with zero attached hydrogens (tertiary/aromatic N) is 2. The Bertz CT molecular complexity index is 827. The van der Waals surface area contributed by atoms with E-state index < -0.39 is 0 Å². The molecule has 0 saturated heterocycles. The molecule has 0 amide bonds. The molecule has 0 aliphatic carbocycles. The summed E-state index contributed by atoms with van der Waals surface area (Å²) in [6.07, 6.45) is 3.28. The number of para-hydroxylation sites is 1. The Hall–Kier alpha value is -3.08. The maximum atomic E-state index is 12.5. The minimum Gasteiger partial charge on any atom is -0.497 e. The first kappa shape index (κ1) is 14.8. The van der Waals surface area contributed by atoms with Gasteiger partial charge in [0.15, 0.2) is 5.82 Å². The van der Waals surface area contributed by atoms with Crippen LogP contribution in [0.25, 0.3) is 5.69 Å². The normalized spacial score (nSPS) is 10.3. The molecule has 5 nitrogen and oxygen atoms in total. The summed E-state index contributed by atoms with van der Waals surface area (Å²) in [4.78, 5) is 16.7. The van der Waals surface area contributed by atoms with Crippen molar-refractivity contribution in [1.29, 1.82) is 0 Å². The van der Waals surface area contributed by atoms with Crippen molar-refractivity contribution in [2.75, 3.05) is 12.4 Å². The van der Waals surface area contributed by atoms with Gasteiger partial charge < -0.3 is 10.1 Å². The quantitative estimate of drug-likeness (QED) is 0.787. The van der Waals surface area contributed by atoms with E-state index in [1.54, 1.807) is 24.1 Å². The molecule has 1 N–H and O–H groups in total. The maximum absolute atomic E-state index is 12.5. The van der Waals surface area contributed by atoms with Crippen LogP contribution in [0.3, 0.4) is 0 Å². The smallest absolute Gasteiger partial charge is 0.297 e. The van der Waals surface area contributed by atoms with Gasteiger partial charge in [-0.2, -0.15) is 0 Å². The van der Waals surface area contributed by atoms with E-state index in [0.29, 0.717) is 12.4 Å². The summed E-state index contributed by atoms with van der Waals surface area (Å²) in [6.45, 7) is 0.519. The number of hydrogen-bond donors (Lipinski definition) is 1. The number of rotatable bonds is 5. The molecule has 116 valence electrons. The van der Waals surface area contributed by atoms with Crippen molar-refractivity contribution in [2.24, 2.45) is 0 Å². The summed E-state index contributed by atoms with van der Waals surface area (Å²) < 4.78 is 6.70. The molecule has 3 rings (SSSR count). The van der Waals surface area contributed by atoms with Crippen LogP contribution in [0.5, 0.6) is 5.75 Å². The lowest BCUT2D eigenvalue weighted by atomic mass is 10.2. The van der Waals surface area contributed by atoms with Crippen LogP contribution in [-0.2, 0) is 6.54 Å². The Labute approximate surface area is 134 Å². The Kier molecular flexibility index (Phi) is 4.38. The zero-order chi connectivity index (χ0) is 16.1. The standard InChI is InChI=1S/C18H17N3O2/c1-23-16-9-7-14(8-10-16)13-20-17-18(22)21(12-11-19-17)15-5-3-2-4-6-15/h2-12H,13H2,1H3,(H,19,20). The first-order valence-corrected chi connectivity index (χ1v) is 7.28. The van der Waals surface area contributed by atoms with Crippen molar-refractivity contribution in [2.45, 2.75) is 6.54 Å². The van der Waals surface area contributed by atoms with E-state index in [-0.39, 0.29) is 5.56 Å². The van der Waals surface area contributed by atoms with Gasteiger partial charge in [-0.15, -0.1) is 0 Å². The molecule has 0 saturated carbocycles. The fourth-order valence-electron chi connectivity index (χ4n) is 2.25. The van der Waals surface area contributed by atoms with Gasteiger partial charge >= 0.3 is 0 Å². The second-order valence-electron chi connectivity index (χ2n) is 4.99. The number of methoxy groups -OCH3 is 1. The third kappa shape index (κ3) is 3.40. The van der Waals surface area contributed by atoms with Crippen molar-refractivity contribution in [3.8, 4) is 11.4 Å². The van der Waals surface area contributed by atoms with Crippen molar-refractivity contribution in [3.05, 3.63) is 82.9 Å². The number of nitrogens with one attached hydrogen (secondary N) is 1. The summed E-state index contributed by atoms with van der Waals surface area (Å²) in [5.74, 6) is 1.13. The molecule has 1 heterocycles. The minimum absolute atomic E-state index is 0.174. The fraction of sp³-hybridized carbons (Fsp3) is 0.111. The molecule has 2 aromatic carbocycles. The number of anilines is 1. The van der Waals surface area contributed by atoms with Crippen molar-refractivity contribution < 1.29 is 4.74 Å². The summed E-state index contributed by atoms with van der Waals surface area (Å²) in [6, 6.07) is 17.1. The average Bonchev–Trinajstić information content (AvgIpc) is 2.62. The summed E-state index contributed by atoms with van der Waals surface area (Å²) in [5.41, 5.74) is 1.68. The molecule has 0 aliphatic heterocycles. The predicted molar refractivity (Wildman–Crippen MR) is 90.2 cm³/mol. The van der Waals surface area contributed by atoms with Gasteiger partial charge in [-0.05, 0) is 29.8 Å². The van der Waals surface area contributed by atoms with Gasteiger partial charge in [0.1, 0.15) is 5.75 Å². The number of aromatic nitrogens is 2. The van der Waals surface area contributed by atoms with Gasteiger partial charge in [0.2, 0.25) is 0 Å². The highest BCUT2D eigenvalue weighted by atomic mass is 16.5. The first-order valence-electron chi connectivity index (χ1n) is 7.28. The van der Waals surface area contributed by atoms with Crippen molar-refractivity contribution in [3.63, 3.8) is 0 Å². The van der Waals surface area contributed by atoms with Crippen LogP contribution in [0.4, 0.5) is 5.82 Å². The molecule has 3 aromatic rings. The molecule has 0 atom stereocenters. The van der Waals surface area contributed by atoms with E-state index in [1.165, 1.54) is 0 Å². The Balaban J connectivity index is 1.79. The lowest BCUT2D eigenvalue weighted by Crippen LogP contribution is -2.22. The molecule has 5 heteroatoms. The molecule has 0 aliphatic rings. The van der Waals surface area contributed by atoms with E-state index in [1.807, 2.05) is 54.6 Å². The van der Waals surface area contributed by atoms with Crippen LogP contribution in [-0.4, -0.2) is 16.7 Å². The first-order chi connectivity index (χ1) is 11.3. The van der Waals surface area contributed by atoms with Crippen LogP contribution >= 0.6 is 0 Å². The molecule has 0 spiro atoms. The van der Waals surface area contributed by atoms with Gasteiger partial charge in [-0.25, -0.2) is 4.98 Å². The van der Waals surface area contributed by atoms with Crippen LogP contribution in [0, 0.1) is 0 Å². The van der Waals surface area contributed by atoms with Gasteiger partial charge in [-0.1, -0.05) is 30.3 Å². The second kappa shape index (κ2) is 6.79. The highest BCUT2D eigenvalue weighted by molar-refractivity contribution is 5.39. The monoisotopic (exact) mass is 307 g/mol. The van der Waals surface area contributed by atoms with E-state index in [0.717, 1.165) is 17.0 Å². The Morgan fingerprint density at radius 1 is 1.09 bits per heavy atom. The lowest BCUT2D eigenvalue weighted by Gasteiger charge is -2.09. The van der Waals surface area contributed by atoms with E-state index in [2.05, 4.69) is 10.3 Å². The highest BCUT2D eigenvalue weighted by Gasteiger charge is 2.06. The van der Waals surface area contributed by atoms with E-state index >= 15 is 0 Å². The summed E-state index contributed by atoms with van der Waals surface area (Å²) in [7, 11) is 1.63. The lowest BCUT2D eigenvalue weighted by molar-refractivity contribution is 0.414. The maximum Gasteiger partial charge on any atom is 0.297 e. The van der Waals surface area contributed by atoms with Crippen LogP contribution < -0.4 is 15.6 Å². The Morgan fingerprint density at radius 2 is 1.83 bits per heavy atom. The van der Waals surface area contributed by atoms with Crippen molar-refractivity contribution >= 4 is 5.82 Å². The highest BCUT2D eigenvalue weighted by Crippen LogP contribution is 2.12. The molecule has 23 heavy (non-hydrogen) atoms. The zero-order valence-electron chi connectivity index (χ0n) is 12.8. The minimum atomic E-state index is -0.174. The molecule has 0 unspecified atom stereocenters. The summed E-state index contributed by atoms with van der Waals surface area (Å²) in [5, 5.41) is 3.09. The third-order valence-corrected chi connectivity index (χ3v) is 3.49. The second-order valence-corrected chi connectivity index (χ2v) is 4.99. The van der Waals surface area contributed by atoms with Crippen LogP contribution in [0.2, 0.25) is 0 Å². The Morgan fingerprint density at radius 3 is 2.52 bits per heavy atom. The largest absolute Gasteiger partial charge is 0.497 e. The van der Waals surface area contributed by atoms with Crippen LogP contribution in [0.1, 0.15) is 5.56 Å². The van der Waals surface area contributed by atoms with Gasteiger partial charge in [0.25, 0.3) is 5.56 Å². The number of hydrogen-bond acceptors (Lipinski definition) is 4. The number of benzene rings is 2. The van der Waals surface area contributed by atoms with Gasteiger partial charge in [0, 0.05) is 24.6 Å². The van der Waals surface area contributed by atoms with Gasteiger partial charge in [-0.3, -0.25) is 9.36 Å². The zero-order valence-corrected chi connectivity index (χ0v) is 12.8. The number of ether oxygens (including phenoxy) is 1. The molecule has 0 bridgehead atoms. The molecular weight excluding hydrogens is 290 g/mol. The molecule has 1 aromatic heterocycles. The van der Waals surface area contributed by atoms with Gasteiger partial charge in [0.05, 0.1) is 7.11 Å². The SMILES string of the molecule is COc1ccc(CNc2nccn(-c3ccccc3)c2=O)cc1. The van der Waals surface area contributed by atoms with Crippen LogP contribution in [0.15, 0.2) is 71.8 Å². The molecule has 0 radical (unpaired) electrons. The summed E-state index contributed by atoms with van der Waals surface area (Å²) >= 11 is 0. The third-order valence-electron chi connectivity index (χ3n) is 3.49. The molecular formula is C18H17N3O2. The van der Waals surface area contributed by atoms with E-state index in [4.69, 9.17) is 4.74 Å². The van der Waals surface area contributed by atoms with E-state index in [9.17, 15) is 4.79 Å². The predicted octanol–water partition coefficient (Wildman–Crippen LogP) is 2.85. The topological polar surface area (TPSA) is 56.1 Å². The van der Waals surface area contributed by atoms with Crippen molar-refractivity contribution in [1.82, 2.24) is 9.55 Å².